The summed E-state index contributed by atoms with van der Waals surface area (Å²) in [6.07, 6.45) is -4.72. The zero-order valence-corrected chi connectivity index (χ0v) is 29.4. The first-order valence-electron chi connectivity index (χ1n) is 15.4. The van der Waals surface area contributed by atoms with Crippen molar-refractivity contribution < 1.29 is 31.2 Å². The van der Waals surface area contributed by atoms with E-state index >= 15 is 0 Å². The molecule has 0 aliphatic rings. The summed E-state index contributed by atoms with van der Waals surface area (Å²) >= 11 is 12.4. The van der Waals surface area contributed by atoms with Gasteiger partial charge in [0.1, 0.15) is 12.6 Å². The Morgan fingerprint density at radius 3 is 2.12 bits per heavy atom. The van der Waals surface area contributed by atoms with Gasteiger partial charge in [-0.25, -0.2) is 8.42 Å². The third-order valence-electron chi connectivity index (χ3n) is 7.64. The summed E-state index contributed by atoms with van der Waals surface area (Å²) in [4.78, 5) is 29.4. The minimum atomic E-state index is -4.78. The molecule has 13 heteroatoms. The average Bonchev–Trinajstić information content (AvgIpc) is 3.05. The summed E-state index contributed by atoms with van der Waals surface area (Å²) < 4.78 is 70.4. The number of hydrogen-bond donors (Lipinski definition) is 1. The Kier molecular flexibility index (Phi) is 12.4. The summed E-state index contributed by atoms with van der Waals surface area (Å²) in [5.74, 6) is -1.24. The highest BCUT2D eigenvalue weighted by atomic mass is 35.5. The van der Waals surface area contributed by atoms with Crippen LogP contribution >= 0.6 is 23.2 Å². The molecule has 0 aliphatic heterocycles. The molecule has 1 N–H and O–H groups in total. The molecule has 0 heterocycles. The Labute approximate surface area is 294 Å². The van der Waals surface area contributed by atoms with Crippen LogP contribution in [0.1, 0.15) is 36.1 Å². The molecule has 4 aromatic rings. The number of nitrogens with zero attached hydrogens (tertiary/aromatic N) is 2. The zero-order chi connectivity index (χ0) is 35.9. The Morgan fingerprint density at radius 1 is 0.837 bits per heavy atom. The average molecular weight is 735 g/mol. The van der Waals surface area contributed by atoms with E-state index in [1.54, 1.807) is 55.5 Å². The molecular formula is C36H36Cl2F3N3O4S. The van der Waals surface area contributed by atoms with E-state index in [1.165, 1.54) is 35.2 Å². The largest absolute Gasteiger partial charge is 0.416 e. The van der Waals surface area contributed by atoms with Gasteiger partial charge in [0.15, 0.2) is 0 Å². The van der Waals surface area contributed by atoms with Gasteiger partial charge in [-0.15, -0.1) is 0 Å². The van der Waals surface area contributed by atoms with E-state index in [1.807, 2.05) is 13.8 Å². The monoisotopic (exact) mass is 733 g/mol. The van der Waals surface area contributed by atoms with Crippen molar-refractivity contribution in [2.24, 2.45) is 5.92 Å². The Balaban J connectivity index is 1.85. The third-order valence-corrected chi connectivity index (χ3v) is 10.2. The van der Waals surface area contributed by atoms with Gasteiger partial charge in [-0.3, -0.25) is 13.9 Å². The maximum Gasteiger partial charge on any atom is 0.416 e. The molecule has 4 rings (SSSR count). The molecule has 2 amide bonds. The second kappa shape index (κ2) is 16.1. The summed E-state index contributed by atoms with van der Waals surface area (Å²) in [5.41, 5.74) is 0.501. The first-order chi connectivity index (χ1) is 23.1. The van der Waals surface area contributed by atoms with Gasteiger partial charge in [-0.1, -0.05) is 97.2 Å². The number of rotatable bonds is 13. The van der Waals surface area contributed by atoms with Crippen molar-refractivity contribution in [3.8, 4) is 0 Å². The standard InChI is InChI=1S/C36H36Cl2F3N3O4S/c1-24(2)21-42-35(46)33(19-26-8-5-4-6-9-26)43(22-27-14-17-31(37)32(38)18-27)34(45)23-44(29-11-7-10-28(20-29)36(39,40)41)49(47,48)30-15-12-25(3)13-16-30/h4-18,20,24,33H,19,21-23H2,1-3H3,(H,42,46). The van der Waals surface area contributed by atoms with Gasteiger partial charge >= 0.3 is 6.18 Å². The Hall–Kier alpha value is -4.06. The van der Waals surface area contributed by atoms with E-state index in [4.69, 9.17) is 23.2 Å². The van der Waals surface area contributed by atoms with E-state index < -0.39 is 46.2 Å². The first kappa shape index (κ1) is 37.8. The lowest BCUT2D eigenvalue weighted by molar-refractivity contribution is -0.140. The van der Waals surface area contributed by atoms with Crippen LogP contribution in [-0.2, 0) is 38.8 Å². The van der Waals surface area contributed by atoms with Gasteiger partial charge in [0, 0.05) is 19.5 Å². The predicted molar refractivity (Wildman–Crippen MR) is 186 cm³/mol. The fourth-order valence-electron chi connectivity index (χ4n) is 5.01. The van der Waals surface area contributed by atoms with Crippen LogP contribution in [0.3, 0.4) is 0 Å². The summed E-state index contributed by atoms with van der Waals surface area (Å²) in [7, 11) is -4.59. The van der Waals surface area contributed by atoms with Gasteiger partial charge in [0.25, 0.3) is 10.0 Å². The topological polar surface area (TPSA) is 86.8 Å². The Bertz CT molecular complexity index is 1870. The van der Waals surface area contributed by atoms with Crippen LogP contribution in [0, 0.1) is 12.8 Å². The maximum absolute atomic E-state index is 14.5. The number of amides is 2. The van der Waals surface area contributed by atoms with Crippen molar-refractivity contribution in [1.29, 1.82) is 0 Å². The van der Waals surface area contributed by atoms with Crippen molar-refractivity contribution in [3.63, 3.8) is 0 Å². The highest BCUT2D eigenvalue weighted by molar-refractivity contribution is 7.92. The van der Waals surface area contributed by atoms with Gasteiger partial charge < -0.3 is 10.2 Å². The molecule has 0 radical (unpaired) electrons. The molecule has 1 unspecified atom stereocenters. The van der Waals surface area contributed by atoms with Crippen LogP contribution in [0.5, 0.6) is 0 Å². The Morgan fingerprint density at radius 2 is 1.51 bits per heavy atom. The molecule has 0 aromatic heterocycles. The molecule has 1 atom stereocenters. The lowest BCUT2D eigenvalue weighted by Gasteiger charge is -2.34. The smallest absolute Gasteiger partial charge is 0.354 e. The van der Waals surface area contributed by atoms with Crippen molar-refractivity contribution >= 4 is 50.7 Å². The fraction of sp³-hybridized carbons (Fsp3) is 0.278. The van der Waals surface area contributed by atoms with Crippen molar-refractivity contribution in [1.82, 2.24) is 10.2 Å². The lowest BCUT2D eigenvalue weighted by atomic mass is 10.0. The van der Waals surface area contributed by atoms with Gasteiger partial charge in [0.2, 0.25) is 11.8 Å². The van der Waals surface area contributed by atoms with Crippen molar-refractivity contribution in [2.75, 3.05) is 17.4 Å². The first-order valence-corrected chi connectivity index (χ1v) is 17.6. The van der Waals surface area contributed by atoms with Crippen LogP contribution in [0.4, 0.5) is 18.9 Å². The van der Waals surface area contributed by atoms with Crippen LogP contribution in [0.2, 0.25) is 10.0 Å². The predicted octanol–water partition coefficient (Wildman–Crippen LogP) is 7.93. The number of anilines is 1. The van der Waals surface area contributed by atoms with E-state index in [0.29, 0.717) is 22.5 Å². The van der Waals surface area contributed by atoms with E-state index in [2.05, 4.69) is 5.32 Å². The lowest BCUT2D eigenvalue weighted by Crippen LogP contribution is -2.53. The van der Waals surface area contributed by atoms with Gasteiger partial charge in [0.05, 0.1) is 26.2 Å². The highest BCUT2D eigenvalue weighted by Crippen LogP contribution is 2.34. The number of benzene rings is 4. The second-order valence-corrected chi connectivity index (χ2v) is 14.7. The van der Waals surface area contributed by atoms with Crippen LogP contribution in [0.25, 0.3) is 0 Å². The molecule has 0 bridgehead atoms. The molecule has 0 spiro atoms. The number of halogens is 5. The van der Waals surface area contributed by atoms with E-state index in [0.717, 1.165) is 23.3 Å². The van der Waals surface area contributed by atoms with Crippen molar-refractivity contribution in [3.05, 3.63) is 129 Å². The van der Waals surface area contributed by atoms with Crippen LogP contribution in [-0.4, -0.2) is 44.3 Å². The molecule has 0 saturated carbocycles. The third kappa shape index (κ3) is 9.99. The molecule has 0 fully saturated rings. The number of carbonyl (C=O) groups excluding carboxylic acids is 2. The molecular weight excluding hydrogens is 698 g/mol. The van der Waals surface area contributed by atoms with Crippen LogP contribution in [0.15, 0.2) is 102 Å². The van der Waals surface area contributed by atoms with Crippen molar-refractivity contribution in [2.45, 2.75) is 50.9 Å². The van der Waals surface area contributed by atoms with Crippen LogP contribution < -0.4 is 9.62 Å². The molecule has 7 nitrogen and oxygen atoms in total. The number of hydrogen-bond acceptors (Lipinski definition) is 4. The fourth-order valence-corrected chi connectivity index (χ4v) is 6.74. The molecule has 0 aliphatic carbocycles. The molecule has 49 heavy (non-hydrogen) atoms. The quantitative estimate of drug-likeness (QED) is 0.151. The second-order valence-electron chi connectivity index (χ2n) is 12.0. The molecule has 4 aromatic carbocycles. The minimum absolute atomic E-state index is 0.0616. The van der Waals surface area contributed by atoms with E-state index in [9.17, 15) is 31.2 Å². The molecule has 0 saturated heterocycles. The number of nitrogens with one attached hydrogen (secondary N) is 1. The number of carbonyl (C=O) groups is 2. The normalized spacial score (nSPS) is 12.4. The SMILES string of the molecule is Cc1ccc(S(=O)(=O)N(CC(=O)N(Cc2ccc(Cl)c(Cl)c2)C(Cc2ccccc2)C(=O)NCC(C)C)c2cccc(C(F)(F)F)c2)cc1. The maximum atomic E-state index is 14.5. The van der Waals surface area contributed by atoms with Gasteiger partial charge in [-0.05, 0) is 66.4 Å². The van der Waals surface area contributed by atoms with Gasteiger partial charge in [-0.2, -0.15) is 13.2 Å². The highest BCUT2D eigenvalue weighted by Gasteiger charge is 2.36. The summed E-state index contributed by atoms with van der Waals surface area (Å²) in [6.45, 7) is 4.77. The summed E-state index contributed by atoms with van der Waals surface area (Å²) in [6, 6.07) is 22.0. The molecule has 260 valence electrons. The minimum Gasteiger partial charge on any atom is -0.354 e. The number of sulfonamides is 1. The summed E-state index contributed by atoms with van der Waals surface area (Å²) in [5, 5.41) is 3.34. The number of alkyl halides is 3. The zero-order valence-electron chi connectivity index (χ0n) is 27.0. The number of aryl methyl sites for hydroxylation is 1. The van der Waals surface area contributed by atoms with E-state index in [-0.39, 0.29) is 39.5 Å².